The Morgan fingerprint density at radius 3 is 2.75 bits per heavy atom. The monoisotopic (exact) mass is 233 g/mol. The molecule has 0 amide bonds. The first kappa shape index (κ1) is 11.0. The molecule has 0 fully saturated rings. The summed E-state index contributed by atoms with van der Waals surface area (Å²) in [5.41, 5.74) is 8.96. The fourth-order valence-electron chi connectivity index (χ4n) is 1.62. The van der Waals surface area contributed by atoms with Crippen LogP contribution in [0.25, 0.3) is 0 Å². The van der Waals surface area contributed by atoms with Gasteiger partial charge in [-0.25, -0.2) is 0 Å². The van der Waals surface area contributed by atoms with E-state index in [0.29, 0.717) is 5.02 Å². The number of benzene rings is 1. The molecule has 0 aliphatic heterocycles. The van der Waals surface area contributed by atoms with Crippen molar-refractivity contribution in [3.8, 4) is 0 Å². The van der Waals surface area contributed by atoms with E-state index in [-0.39, 0.29) is 6.04 Å². The lowest BCUT2D eigenvalue weighted by Crippen LogP contribution is -2.14. The van der Waals surface area contributed by atoms with Crippen molar-refractivity contribution >= 4 is 11.6 Å². The molecule has 0 radical (unpaired) electrons. The van der Waals surface area contributed by atoms with Crippen molar-refractivity contribution in [3.63, 3.8) is 0 Å². The first-order valence-corrected chi connectivity index (χ1v) is 5.34. The van der Waals surface area contributed by atoms with E-state index in [1.807, 2.05) is 25.1 Å². The number of nitrogens with two attached hydrogens (primary N) is 1. The van der Waals surface area contributed by atoms with E-state index in [0.717, 1.165) is 16.8 Å². The lowest BCUT2D eigenvalue weighted by Gasteiger charge is -2.13. The Morgan fingerprint density at radius 1 is 1.31 bits per heavy atom. The Balaban J connectivity index is 2.38. The Bertz CT molecular complexity index is 485. The quantitative estimate of drug-likeness (QED) is 0.867. The third-order valence-corrected chi connectivity index (χ3v) is 2.70. The molecule has 0 saturated carbocycles. The minimum absolute atomic E-state index is 0.258. The van der Waals surface area contributed by atoms with Crippen LogP contribution in [0, 0.1) is 6.92 Å². The van der Waals surface area contributed by atoms with Gasteiger partial charge < -0.3 is 5.73 Å². The largest absolute Gasteiger partial charge is 0.319 e. The molecule has 2 N–H and O–H groups in total. The Labute approximate surface area is 99.3 Å². The zero-order chi connectivity index (χ0) is 11.5. The number of aromatic nitrogens is 2. The predicted molar refractivity (Wildman–Crippen MR) is 64.3 cm³/mol. The molecule has 0 aliphatic carbocycles. The summed E-state index contributed by atoms with van der Waals surface area (Å²) < 4.78 is 0. The van der Waals surface area contributed by atoms with Crippen LogP contribution in [0.3, 0.4) is 0 Å². The molecule has 1 heterocycles. The third kappa shape index (κ3) is 2.21. The van der Waals surface area contributed by atoms with Crippen molar-refractivity contribution in [1.82, 2.24) is 9.97 Å². The fraction of sp³-hybridized carbons (Fsp3) is 0.167. The highest BCUT2D eigenvalue weighted by molar-refractivity contribution is 6.30. The van der Waals surface area contributed by atoms with Gasteiger partial charge in [0.2, 0.25) is 0 Å². The molecular formula is C12H12ClN3. The van der Waals surface area contributed by atoms with Crippen LogP contribution in [0.15, 0.2) is 36.8 Å². The Kier molecular flexibility index (Phi) is 3.17. The van der Waals surface area contributed by atoms with Crippen molar-refractivity contribution in [3.05, 3.63) is 58.6 Å². The van der Waals surface area contributed by atoms with Crippen LogP contribution in [0.2, 0.25) is 5.02 Å². The van der Waals surface area contributed by atoms with Gasteiger partial charge >= 0.3 is 0 Å². The van der Waals surface area contributed by atoms with E-state index in [1.165, 1.54) is 0 Å². The summed E-state index contributed by atoms with van der Waals surface area (Å²) in [4.78, 5) is 8.21. The molecule has 16 heavy (non-hydrogen) atoms. The van der Waals surface area contributed by atoms with Crippen molar-refractivity contribution < 1.29 is 0 Å². The average Bonchev–Trinajstić information content (AvgIpc) is 2.29. The molecule has 2 rings (SSSR count). The normalized spacial score (nSPS) is 12.4. The summed E-state index contributed by atoms with van der Waals surface area (Å²) >= 11 is 5.90. The van der Waals surface area contributed by atoms with Crippen LogP contribution in [0.1, 0.15) is 22.9 Å². The maximum absolute atomic E-state index is 6.12. The van der Waals surface area contributed by atoms with Gasteiger partial charge in [0, 0.05) is 17.4 Å². The maximum atomic E-state index is 6.12. The van der Waals surface area contributed by atoms with Crippen LogP contribution in [-0.4, -0.2) is 9.97 Å². The van der Waals surface area contributed by atoms with Crippen LogP contribution in [0.4, 0.5) is 0 Å². The smallest absolute Gasteiger partial charge is 0.0799 e. The molecule has 0 spiro atoms. The third-order valence-electron chi connectivity index (χ3n) is 2.47. The van der Waals surface area contributed by atoms with Gasteiger partial charge in [-0.15, -0.1) is 0 Å². The number of hydrogen-bond donors (Lipinski definition) is 1. The predicted octanol–water partition coefficient (Wildman–Crippen LogP) is 2.49. The summed E-state index contributed by atoms with van der Waals surface area (Å²) in [6, 6.07) is 5.40. The number of halogens is 1. The van der Waals surface area contributed by atoms with Gasteiger partial charge in [0.1, 0.15) is 0 Å². The van der Waals surface area contributed by atoms with E-state index in [4.69, 9.17) is 17.3 Å². The van der Waals surface area contributed by atoms with E-state index in [2.05, 4.69) is 9.97 Å². The summed E-state index contributed by atoms with van der Waals surface area (Å²) in [7, 11) is 0. The van der Waals surface area contributed by atoms with Crippen molar-refractivity contribution in [1.29, 1.82) is 0 Å². The van der Waals surface area contributed by atoms with Gasteiger partial charge in [0.05, 0.1) is 17.9 Å². The van der Waals surface area contributed by atoms with E-state index in [1.54, 1.807) is 18.6 Å². The van der Waals surface area contributed by atoms with Gasteiger partial charge in [-0.3, -0.25) is 9.97 Å². The fourth-order valence-corrected chi connectivity index (χ4v) is 1.85. The number of hydrogen-bond acceptors (Lipinski definition) is 3. The van der Waals surface area contributed by atoms with Gasteiger partial charge in [0.25, 0.3) is 0 Å². The molecule has 1 aromatic heterocycles. The van der Waals surface area contributed by atoms with E-state index < -0.39 is 0 Å². The molecule has 82 valence electrons. The maximum Gasteiger partial charge on any atom is 0.0799 e. The van der Waals surface area contributed by atoms with Gasteiger partial charge in [-0.2, -0.15) is 0 Å². The first-order chi connectivity index (χ1) is 7.68. The minimum Gasteiger partial charge on any atom is -0.319 e. The van der Waals surface area contributed by atoms with Gasteiger partial charge in [0.15, 0.2) is 0 Å². The highest BCUT2D eigenvalue weighted by Crippen LogP contribution is 2.23. The minimum atomic E-state index is -0.258. The van der Waals surface area contributed by atoms with Gasteiger partial charge in [-0.05, 0) is 30.2 Å². The second kappa shape index (κ2) is 4.60. The molecule has 1 atom stereocenters. The Morgan fingerprint density at radius 2 is 2.12 bits per heavy atom. The lowest BCUT2D eigenvalue weighted by molar-refractivity contribution is 0.811. The molecule has 1 aromatic carbocycles. The molecule has 0 aliphatic rings. The summed E-state index contributed by atoms with van der Waals surface area (Å²) in [6.07, 6.45) is 4.95. The zero-order valence-electron chi connectivity index (χ0n) is 8.89. The SMILES string of the molecule is Cc1cc(Cl)ccc1C(N)c1cnccn1. The summed E-state index contributed by atoms with van der Waals surface area (Å²) in [5.74, 6) is 0. The molecular weight excluding hydrogens is 222 g/mol. The van der Waals surface area contributed by atoms with Crippen LogP contribution in [0.5, 0.6) is 0 Å². The van der Waals surface area contributed by atoms with Crippen LogP contribution >= 0.6 is 11.6 Å². The highest BCUT2D eigenvalue weighted by atomic mass is 35.5. The summed E-state index contributed by atoms with van der Waals surface area (Å²) in [6.45, 7) is 1.98. The van der Waals surface area contributed by atoms with E-state index in [9.17, 15) is 0 Å². The number of nitrogens with zero attached hydrogens (tertiary/aromatic N) is 2. The topological polar surface area (TPSA) is 51.8 Å². The summed E-state index contributed by atoms with van der Waals surface area (Å²) in [5, 5.41) is 0.715. The number of rotatable bonds is 2. The lowest BCUT2D eigenvalue weighted by atomic mass is 10.00. The van der Waals surface area contributed by atoms with E-state index >= 15 is 0 Å². The molecule has 3 nitrogen and oxygen atoms in total. The van der Waals surface area contributed by atoms with Crippen molar-refractivity contribution in [2.24, 2.45) is 5.73 Å². The molecule has 2 aromatic rings. The highest BCUT2D eigenvalue weighted by Gasteiger charge is 2.12. The Hall–Kier alpha value is -1.45. The number of aryl methyl sites for hydroxylation is 1. The second-order valence-electron chi connectivity index (χ2n) is 3.61. The molecule has 0 saturated heterocycles. The average molecular weight is 234 g/mol. The first-order valence-electron chi connectivity index (χ1n) is 4.96. The van der Waals surface area contributed by atoms with Crippen molar-refractivity contribution in [2.75, 3.05) is 0 Å². The van der Waals surface area contributed by atoms with Crippen molar-refractivity contribution in [2.45, 2.75) is 13.0 Å². The molecule has 4 heteroatoms. The standard InChI is InChI=1S/C12H12ClN3/c1-8-6-9(13)2-3-10(8)12(14)11-7-15-4-5-16-11/h2-7,12H,14H2,1H3. The molecule has 1 unspecified atom stereocenters. The second-order valence-corrected chi connectivity index (χ2v) is 4.05. The van der Waals surface area contributed by atoms with Crippen LogP contribution in [-0.2, 0) is 0 Å². The van der Waals surface area contributed by atoms with Gasteiger partial charge in [-0.1, -0.05) is 17.7 Å². The molecule has 0 bridgehead atoms. The van der Waals surface area contributed by atoms with Crippen LogP contribution < -0.4 is 5.73 Å². The zero-order valence-corrected chi connectivity index (χ0v) is 9.65.